The number of unbranched alkanes of at least 4 members (excludes halogenated alkanes) is 2. The number of carbonyl (C=O) groups is 1. The van der Waals surface area contributed by atoms with Gasteiger partial charge in [-0.2, -0.15) is 0 Å². The van der Waals surface area contributed by atoms with Crippen molar-refractivity contribution in [1.82, 2.24) is 0 Å². The fourth-order valence-corrected chi connectivity index (χ4v) is 1.82. The average molecular weight is 236 g/mol. The lowest BCUT2D eigenvalue weighted by atomic mass is 9.96. The van der Waals surface area contributed by atoms with Crippen LogP contribution in [0.25, 0.3) is 0 Å². The lowest BCUT2D eigenvalue weighted by Gasteiger charge is -2.10. The van der Waals surface area contributed by atoms with Crippen molar-refractivity contribution in [2.75, 3.05) is 0 Å². The number of hydrogen-bond acceptors (Lipinski definition) is 2. The summed E-state index contributed by atoms with van der Waals surface area (Å²) in [6.45, 7) is 3.77. The van der Waals surface area contributed by atoms with Gasteiger partial charge in [-0.15, -0.1) is 0 Å². The third-order valence-corrected chi connectivity index (χ3v) is 2.94. The van der Waals surface area contributed by atoms with Crippen LogP contribution in [-0.4, -0.2) is 16.2 Å². The van der Waals surface area contributed by atoms with E-state index < -0.39 is 11.9 Å². The molecule has 1 atom stereocenters. The fraction of sp³-hybridized carbons (Fsp3) is 0.500. The zero-order chi connectivity index (χ0) is 12.8. The summed E-state index contributed by atoms with van der Waals surface area (Å²) in [5.74, 6) is -1.29. The Morgan fingerprint density at radius 3 is 2.59 bits per heavy atom. The zero-order valence-corrected chi connectivity index (χ0v) is 10.4. The first-order valence-electron chi connectivity index (χ1n) is 6.10. The van der Waals surface area contributed by atoms with E-state index in [4.69, 9.17) is 5.11 Å². The summed E-state index contributed by atoms with van der Waals surface area (Å²) >= 11 is 0. The van der Waals surface area contributed by atoms with E-state index in [2.05, 4.69) is 6.92 Å². The molecule has 0 aliphatic rings. The Bertz CT molecular complexity index is 385. The molecule has 94 valence electrons. The number of phenolic OH excluding ortho intramolecular Hbond substituents is 1. The van der Waals surface area contributed by atoms with E-state index in [1.807, 2.05) is 6.07 Å². The molecule has 0 heterocycles. The number of phenols is 1. The summed E-state index contributed by atoms with van der Waals surface area (Å²) in [6, 6.07) is 5.13. The Morgan fingerprint density at radius 1 is 1.29 bits per heavy atom. The predicted molar refractivity (Wildman–Crippen MR) is 67.4 cm³/mol. The molecule has 0 radical (unpaired) electrons. The SMILES string of the molecule is CCCCCc1cc(O)cc(C(C)C(=O)O)c1. The highest BCUT2D eigenvalue weighted by Gasteiger charge is 2.14. The normalized spacial score (nSPS) is 12.4. The molecule has 1 unspecified atom stereocenters. The van der Waals surface area contributed by atoms with Crippen LogP contribution in [0.2, 0.25) is 0 Å². The van der Waals surface area contributed by atoms with Crippen LogP contribution < -0.4 is 0 Å². The molecule has 2 N–H and O–H groups in total. The molecule has 0 spiro atoms. The molecule has 1 aromatic carbocycles. The van der Waals surface area contributed by atoms with Crippen LogP contribution in [0.3, 0.4) is 0 Å². The third kappa shape index (κ3) is 4.10. The minimum Gasteiger partial charge on any atom is -0.508 e. The van der Waals surface area contributed by atoms with Gasteiger partial charge in [0.05, 0.1) is 5.92 Å². The number of hydrogen-bond donors (Lipinski definition) is 2. The molecule has 1 rings (SSSR count). The maximum absolute atomic E-state index is 10.9. The van der Waals surface area contributed by atoms with Crippen molar-refractivity contribution < 1.29 is 15.0 Å². The fourth-order valence-electron chi connectivity index (χ4n) is 1.82. The second-order valence-corrected chi connectivity index (χ2v) is 4.45. The Kier molecular flexibility index (Phi) is 5.01. The van der Waals surface area contributed by atoms with Gasteiger partial charge in [0.1, 0.15) is 5.75 Å². The van der Waals surface area contributed by atoms with Crippen molar-refractivity contribution in [3.63, 3.8) is 0 Å². The van der Waals surface area contributed by atoms with Crippen LogP contribution in [0.1, 0.15) is 50.2 Å². The number of aryl methyl sites for hydroxylation is 1. The summed E-state index contributed by atoms with van der Waals surface area (Å²) in [5, 5.41) is 18.5. The molecule has 0 saturated carbocycles. The molecule has 3 nitrogen and oxygen atoms in total. The lowest BCUT2D eigenvalue weighted by Crippen LogP contribution is -2.07. The molecular weight excluding hydrogens is 216 g/mol. The second-order valence-electron chi connectivity index (χ2n) is 4.45. The molecular formula is C14H20O3. The van der Waals surface area contributed by atoms with Crippen molar-refractivity contribution in [1.29, 1.82) is 0 Å². The molecule has 0 aliphatic heterocycles. The highest BCUT2D eigenvalue weighted by molar-refractivity contribution is 5.75. The van der Waals surface area contributed by atoms with E-state index in [1.165, 1.54) is 6.07 Å². The van der Waals surface area contributed by atoms with E-state index >= 15 is 0 Å². The van der Waals surface area contributed by atoms with Crippen LogP contribution in [-0.2, 0) is 11.2 Å². The van der Waals surface area contributed by atoms with Crippen LogP contribution in [0.5, 0.6) is 5.75 Å². The summed E-state index contributed by atoms with van der Waals surface area (Å²) in [4.78, 5) is 10.9. The molecule has 0 fully saturated rings. The van der Waals surface area contributed by atoms with Crippen LogP contribution in [0.15, 0.2) is 18.2 Å². The van der Waals surface area contributed by atoms with Crippen LogP contribution >= 0.6 is 0 Å². The topological polar surface area (TPSA) is 57.5 Å². The Balaban J connectivity index is 2.82. The number of rotatable bonds is 6. The molecule has 0 bridgehead atoms. The van der Waals surface area contributed by atoms with E-state index in [-0.39, 0.29) is 5.75 Å². The van der Waals surface area contributed by atoms with Gasteiger partial charge >= 0.3 is 5.97 Å². The van der Waals surface area contributed by atoms with Crippen molar-refractivity contribution in [2.24, 2.45) is 0 Å². The first-order chi connectivity index (χ1) is 8.04. The zero-order valence-electron chi connectivity index (χ0n) is 10.4. The van der Waals surface area contributed by atoms with Gasteiger partial charge in [0, 0.05) is 0 Å². The van der Waals surface area contributed by atoms with Gasteiger partial charge in [0.15, 0.2) is 0 Å². The van der Waals surface area contributed by atoms with Crippen molar-refractivity contribution in [2.45, 2.75) is 45.4 Å². The van der Waals surface area contributed by atoms with E-state index in [0.29, 0.717) is 5.56 Å². The standard InChI is InChI=1S/C14H20O3/c1-3-4-5-6-11-7-12(9-13(15)8-11)10(2)14(16)17/h7-10,15H,3-6H2,1-2H3,(H,16,17). The summed E-state index contributed by atoms with van der Waals surface area (Å²) in [6.07, 6.45) is 4.26. The van der Waals surface area contributed by atoms with Crippen LogP contribution in [0, 0.1) is 0 Å². The van der Waals surface area contributed by atoms with E-state index in [1.54, 1.807) is 13.0 Å². The molecule has 0 aromatic heterocycles. The molecule has 17 heavy (non-hydrogen) atoms. The maximum atomic E-state index is 10.9. The van der Waals surface area contributed by atoms with Gasteiger partial charge in [-0.3, -0.25) is 4.79 Å². The number of aromatic hydroxyl groups is 1. The van der Waals surface area contributed by atoms with Crippen LogP contribution in [0.4, 0.5) is 0 Å². The lowest BCUT2D eigenvalue weighted by molar-refractivity contribution is -0.138. The third-order valence-electron chi connectivity index (χ3n) is 2.94. The molecule has 3 heteroatoms. The average Bonchev–Trinajstić information content (AvgIpc) is 2.27. The van der Waals surface area contributed by atoms with Gasteiger partial charge in [-0.1, -0.05) is 25.8 Å². The maximum Gasteiger partial charge on any atom is 0.310 e. The molecule has 0 aliphatic carbocycles. The largest absolute Gasteiger partial charge is 0.508 e. The molecule has 0 amide bonds. The Hall–Kier alpha value is -1.51. The highest BCUT2D eigenvalue weighted by atomic mass is 16.4. The smallest absolute Gasteiger partial charge is 0.310 e. The number of carboxylic acids is 1. The number of benzene rings is 1. The minimum atomic E-state index is -0.866. The molecule has 0 saturated heterocycles. The van der Waals surface area contributed by atoms with Gasteiger partial charge in [0.25, 0.3) is 0 Å². The molecule has 1 aromatic rings. The van der Waals surface area contributed by atoms with Gasteiger partial charge in [0.2, 0.25) is 0 Å². The predicted octanol–water partition coefficient (Wildman–Crippen LogP) is 3.31. The summed E-state index contributed by atoms with van der Waals surface area (Å²) in [5.41, 5.74) is 1.69. The van der Waals surface area contributed by atoms with E-state index in [9.17, 15) is 9.90 Å². The first-order valence-corrected chi connectivity index (χ1v) is 6.10. The quantitative estimate of drug-likeness (QED) is 0.745. The van der Waals surface area contributed by atoms with Gasteiger partial charge in [-0.25, -0.2) is 0 Å². The second kappa shape index (κ2) is 6.28. The van der Waals surface area contributed by atoms with E-state index in [0.717, 1.165) is 31.2 Å². The van der Waals surface area contributed by atoms with Gasteiger partial charge in [-0.05, 0) is 43.0 Å². The van der Waals surface area contributed by atoms with Crippen molar-refractivity contribution in [3.8, 4) is 5.75 Å². The Labute approximate surface area is 102 Å². The Morgan fingerprint density at radius 2 is 2.00 bits per heavy atom. The van der Waals surface area contributed by atoms with Crippen molar-refractivity contribution >= 4 is 5.97 Å². The summed E-state index contributed by atoms with van der Waals surface area (Å²) < 4.78 is 0. The minimum absolute atomic E-state index is 0.155. The summed E-state index contributed by atoms with van der Waals surface area (Å²) in [7, 11) is 0. The monoisotopic (exact) mass is 236 g/mol. The number of carboxylic acid groups (broad SMARTS) is 1. The van der Waals surface area contributed by atoms with Gasteiger partial charge < -0.3 is 10.2 Å². The number of aliphatic carboxylic acids is 1. The van der Waals surface area contributed by atoms with Crippen molar-refractivity contribution in [3.05, 3.63) is 29.3 Å². The highest BCUT2D eigenvalue weighted by Crippen LogP contribution is 2.23. The first kappa shape index (κ1) is 13.6.